The summed E-state index contributed by atoms with van der Waals surface area (Å²) in [6.07, 6.45) is 1.78. The molecule has 10 nitrogen and oxygen atoms in total. The van der Waals surface area contributed by atoms with Gasteiger partial charge in [0.2, 0.25) is 6.29 Å². The molecular formula is C33H35ClN2O8S. The topological polar surface area (TPSA) is 124 Å². The molecule has 0 saturated heterocycles. The largest absolute Gasteiger partial charge is 0.459 e. The molecule has 0 spiro atoms. The summed E-state index contributed by atoms with van der Waals surface area (Å²) < 4.78 is 23.1. The summed E-state index contributed by atoms with van der Waals surface area (Å²) in [5.74, 6) is -1.44. The standard InChI is InChI=1S/C33H35ClN2O8S/c1-3-43-33-25(8-11-41-13-14-42-12-10-37)26(21-9-15-45-19-21)18-29(44-33)30(38)35-23-5-7-28(20(2)16-23)36-31(39)24-6-4-22(34)17-27(24)32(36)40/h4-7,9,15-19,25-26,33,37H,3,8,10-14H2,1-2H3,(H,35,38)/t25-,26+,33+/m0/s1. The molecule has 2 aliphatic heterocycles. The number of allylic oxidation sites excluding steroid dienone is 1. The van der Waals surface area contributed by atoms with E-state index in [1.165, 1.54) is 6.07 Å². The van der Waals surface area contributed by atoms with Gasteiger partial charge in [0, 0.05) is 35.8 Å². The molecule has 2 aliphatic rings. The second-order valence-electron chi connectivity index (χ2n) is 10.5. The van der Waals surface area contributed by atoms with E-state index in [1.807, 2.05) is 24.4 Å². The summed E-state index contributed by atoms with van der Waals surface area (Å²) in [6.45, 7) is 5.52. The van der Waals surface area contributed by atoms with Crippen LogP contribution in [0.15, 0.2) is 65.1 Å². The minimum atomic E-state index is -0.675. The molecule has 3 amide bonds. The van der Waals surface area contributed by atoms with Crippen molar-refractivity contribution in [1.82, 2.24) is 0 Å². The van der Waals surface area contributed by atoms with E-state index in [-0.39, 0.29) is 36.4 Å². The molecule has 0 radical (unpaired) electrons. The second-order valence-corrected chi connectivity index (χ2v) is 11.8. The number of aryl methyl sites for hydroxylation is 1. The van der Waals surface area contributed by atoms with Crippen molar-refractivity contribution in [2.45, 2.75) is 32.5 Å². The highest BCUT2D eigenvalue weighted by Gasteiger charge is 2.39. The third-order valence-electron chi connectivity index (χ3n) is 7.62. The Bertz CT molecular complexity index is 1560. The zero-order valence-corrected chi connectivity index (χ0v) is 26.6. The number of anilines is 2. The van der Waals surface area contributed by atoms with Crippen LogP contribution in [0.25, 0.3) is 0 Å². The summed E-state index contributed by atoms with van der Waals surface area (Å²) >= 11 is 7.63. The second kappa shape index (κ2) is 15.1. The van der Waals surface area contributed by atoms with Gasteiger partial charge in [-0.1, -0.05) is 11.6 Å². The zero-order chi connectivity index (χ0) is 31.9. The molecule has 0 saturated carbocycles. The number of carbonyl (C=O) groups is 3. The number of benzene rings is 2. The molecule has 12 heteroatoms. The molecule has 0 fully saturated rings. The lowest BCUT2D eigenvalue weighted by atomic mass is 9.82. The van der Waals surface area contributed by atoms with Gasteiger partial charge in [-0.25, -0.2) is 4.90 Å². The fraction of sp³-hybridized carbons (Fsp3) is 0.364. The number of nitrogens with one attached hydrogen (secondary N) is 1. The monoisotopic (exact) mass is 654 g/mol. The predicted molar refractivity (Wildman–Crippen MR) is 171 cm³/mol. The molecule has 0 unspecified atom stereocenters. The first-order chi connectivity index (χ1) is 21.8. The smallest absolute Gasteiger partial charge is 0.290 e. The van der Waals surface area contributed by atoms with Gasteiger partial charge in [0.15, 0.2) is 5.76 Å². The molecule has 238 valence electrons. The van der Waals surface area contributed by atoms with Crippen LogP contribution in [-0.4, -0.2) is 68.8 Å². The Kier molecular flexibility index (Phi) is 11.0. The number of thiophene rings is 1. The number of amides is 3. The number of halogens is 1. The van der Waals surface area contributed by atoms with Crippen molar-refractivity contribution >= 4 is 52.0 Å². The number of hydrogen-bond donors (Lipinski definition) is 2. The van der Waals surface area contributed by atoms with E-state index in [4.69, 9.17) is 35.7 Å². The first-order valence-corrected chi connectivity index (χ1v) is 16.0. The SMILES string of the molecule is CCO[C@@H]1OC(C(=O)Nc2ccc(N3C(=O)c4ccc(Cl)cc4C3=O)c(C)c2)=C[C@H](c2ccsc2)[C@@H]1CCOCCOCCO. The maximum absolute atomic E-state index is 13.5. The highest BCUT2D eigenvalue weighted by molar-refractivity contribution is 7.08. The summed E-state index contributed by atoms with van der Waals surface area (Å²) in [6, 6.07) is 11.6. The summed E-state index contributed by atoms with van der Waals surface area (Å²) in [5.41, 5.74) is 3.12. The number of hydrogen-bond acceptors (Lipinski definition) is 9. The predicted octanol–water partition coefficient (Wildman–Crippen LogP) is 5.54. The molecule has 45 heavy (non-hydrogen) atoms. The summed E-state index contributed by atoms with van der Waals surface area (Å²) in [5, 5.41) is 16.2. The molecule has 2 N–H and O–H groups in total. The number of nitrogens with zero attached hydrogens (tertiary/aromatic N) is 1. The van der Waals surface area contributed by atoms with Crippen molar-refractivity contribution in [3.63, 3.8) is 0 Å². The molecule has 3 atom stereocenters. The third kappa shape index (κ3) is 7.46. The first-order valence-electron chi connectivity index (χ1n) is 14.7. The number of aliphatic hydroxyl groups is 1. The Labute approximate surface area is 270 Å². The van der Waals surface area contributed by atoms with Crippen LogP contribution in [0.2, 0.25) is 5.02 Å². The van der Waals surface area contributed by atoms with E-state index < -0.39 is 24.0 Å². The van der Waals surface area contributed by atoms with E-state index in [1.54, 1.807) is 48.6 Å². The Morgan fingerprint density at radius 2 is 1.82 bits per heavy atom. The van der Waals surface area contributed by atoms with Gasteiger partial charge in [0.05, 0.1) is 43.2 Å². The minimum absolute atomic E-state index is 0.0309. The van der Waals surface area contributed by atoms with Crippen LogP contribution >= 0.6 is 22.9 Å². The number of carbonyl (C=O) groups excluding carboxylic acids is 3. The lowest BCUT2D eigenvalue weighted by molar-refractivity contribution is -0.166. The van der Waals surface area contributed by atoms with Crippen molar-refractivity contribution in [3.8, 4) is 0 Å². The molecule has 0 aliphatic carbocycles. The Morgan fingerprint density at radius 1 is 1.04 bits per heavy atom. The lowest BCUT2D eigenvalue weighted by Crippen LogP contribution is -2.38. The molecule has 2 aromatic carbocycles. The van der Waals surface area contributed by atoms with Crippen LogP contribution in [0.5, 0.6) is 0 Å². The lowest BCUT2D eigenvalue weighted by Gasteiger charge is -2.36. The summed E-state index contributed by atoms with van der Waals surface area (Å²) in [4.78, 5) is 40.8. The summed E-state index contributed by atoms with van der Waals surface area (Å²) in [7, 11) is 0. The normalized spacial score (nSPS) is 19.3. The van der Waals surface area contributed by atoms with Gasteiger partial charge in [-0.2, -0.15) is 11.3 Å². The average molecular weight is 655 g/mol. The van der Waals surface area contributed by atoms with E-state index >= 15 is 0 Å². The van der Waals surface area contributed by atoms with Crippen LogP contribution < -0.4 is 10.2 Å². The number of fused-ring (bicyclic) bond motifs is 1. The van der Waals surface area contributed by atoms with E-state index in [0.717, 1.165) is 10.5 Å². The van der Waals surface area contributed by atoms with Gasteiger partial charge in [-0.15, -0.1) is 0 Å². The van der Waals surface area contributed by atoms with Gasteiger partial charge >= 0.3 is 0 Å². The highest BCUT2D eigenvalue weighted by atomic mass is 35.5. The molecule has 1 aromatic heterocycles. The van der Waals surface area contributed by atoms with Gasteiger partial charge in [0.25, 0.3) is 17.7 Å². The van der Waals surface area contributed by atoms with Crippen LogP contribution in [0, 0.1) is 12.8 Å². The fourth-order valence-corrected chi connectivity index (χ4v) is 6.38. The molecule has 3 heterocycles. The Hall–Kier alpha value is -3.58. The van der Waals surface area contributed by atoms with Crippen molar-refractivity contribution in [3.05, 3.63) is 92.3 Å². The minimum Gasteiger partial charge on any atom is -0.459 e. The molecule has 3 aromatic rings. The fourth-order valence-electron chi connectivity index (χ4n) is 5.50. The highest BCUT2D eigenvalue weighted by Crippen LogP contribution is 2.40. The van der Waals surface area contributed by atoms with Crippen LogP contribution in [0.1, 0.15) is 51.1 Å². The quantitative estimate of drug-likeness (QED) is 0.172. The maximum atomic E-state index is 13.5. The molecule has 5 rings (SSSR count). The molecular weight excluding hydrogens is 620 g/mol. The van der Waals surface area contributed by atoms with E-state index in [0.29, 0.717) is 60.4 Å². The van der Waals surface area contributed by atoms with Gasteiger partial charge in [0.1, 0.15) is 0 Å². The van der Waals surface area contributed by atoms with Crippen LogP contribution in [-0.2, 0) is 23.7 Å². The van der Waals surface area contributed by atoms with Crippen molar-refractivity contribution < 1.29 is 38.4 Å². The number of rotatable bonds is 14. The third-order valence-corrected chi connectivity index (χ3v) is 8.55. The van der Waals surface area contributed by atoms with E-state index in [9.17, 15) is 14.4 Å². The molecule has 0 bridgehead atoms. The van der Waals surface area contributed by atoms with Crippen molar-refractivity contribution in [2.24, 2.45) is 5.92 Å². The average Bonchev–Trinajstić information content (AvgIpc) is 3.64. The van der Waals surface area contributed by atoms with Crippen LogP contribution in [0.3, 0.4) is 0 Å². The maximum Gasteiger partial charge on any atom is 0.290 e. The number of aliphatic hydroxyl groups excluding tert-OH is 1. The Morgan fingerprint density at radius 3 is 2.53 bits per heavy atom. The van der Waals surface area contributed by atoms with Gasteiger partial charge in [-0.05, 0) is 90.7 Å². The zero-order valence-electron chi connectivity index (χ0n) is 25.0. The van der Waals surface area contributed by atoms with Crippen LogP contribution in [0.4, 0.5) is 11.4 Å². The first kappa shape index (κ1) is 32.8. The van der Waals surface area contributed by atoms with Gasteiger partial charge < -0.3 is 29.4 Å². The van der Waals surface area contributed by atoms with Gasteiger partial charge in [-0.3, -0.25) is 14.4 Å². The Balaban J connectivity index is 1.30. The van der Waals surface area contributed by atoms with Crippen molar-refractivity contribution in [2.75, 3.05) is 49.9 Å². The number of ether oxygens (including phenoxy) is 4. The van der Waals surface area contributed by atoms with E-state index in [2.05, 4.69) is 10.7 Å². The number of imide groups is 1. The van der Waals surface area contributed by atoms with Crippen molar-refractivity contribution in [1.29, 1.82) is 0 Å².